The number of aliphatic hydroxyl groups is 1. The number of anilines is 1. The fourth-order valence-electron chi connectivity index (χ4n) is 1.32. The van der Waals surface area contributed by atoms with Crippen molar-refractivity contribution in [3.8, 4) is 5.75 Å². The number of methoxy groups -OCH3 is 1. The third-order valence-electron chi connectivity index (χ3n) is 2.26. The van der Waals surface area contributed by atoms with Crippen LogP contribution in [0.3, 0.4) is 0 Å². The number of carboxylic acid groups (broad SMARTS) is 1. The Morgan fingerprint density at radius 2 is 2.17 bits per heavy atom. The van der Waals surface area contributed by atoms with Crippen LogP contribution in [0.25, 0.3) is 0 Å². The first kappa shape index (κ1) is 13.8. The van der Waals surface area contributed by atoms with Crippen LogP contribution in [0.2, 0.25) is 0 Å². The second-order valence-electron chi connectivity index (χ2n) is 3.51. The minimum atomic E-state index is -1.36. The summed E-state index contributed by atoms with van der Waals surface area (Å²) < 4.78 is 4.97. The van der Waals surface area contributed by atoms with Gasteiger partial charge in [0.1, 0.15) is 5.75 Å². The molecule has 0 spiro atoms. The van der Waals surface area contributed by atoms with Crippen molar-refractivity contribution in [3.63, 3.8) is 0 Å². The van der Waals surface area contributed by atoms with Crippen LogP contribution in [0.5, 0.6) is 5.75 Å². The molecule has 1 aromatic rings. The van der Waals surface area contributed by atoms with E-state index in [1.807, 2.05) is 0 Å². The second kappa shape index (κ2) is 5.87. The molecule has 0 aliphatic rings. The van der Waals surface area contributed by atoms with Crippen LogP contribution in [0.1, 0.15) is 10.4 Å². The lowest BCUT2D eigenvalue weighted by Crippen LogP contribution is -2.43. The first-order valence-electron chi connectivity index (χ1n) is 5.07. The predicted molar refractivity (Wildman–Crippen MR) is 63.4 cm³/mol. The molecule has 0 aliphatic heterocycles. The zero-order valence-corrected chi connectivity index (χ0v) is 9.71. The lowest BCUT2D eigenvalue weighted by Gasteiger charge is -2.13. The second-order valence-corrected chi connectivity index (χ2v) is 3.51. The van der Waals surface area contributed by atoms with E-state index < -0.39 is 24.5 Å². The highest BCUT2D eigenvalue weighted by Crippen LogP contribution is 2.21. The van der Waals surface area contributed by atoms with E-state index in [0.29, 0.717) is 5.69 Å². The summed E-state index contributed by atoms with van der Waals surface area (Å²) in [5.74, 6) is -1.75. The zero-order valence-electron chi connectivity index (χ0n) is 9.71. The standard InChI is InChI=1S/C11H14N2O5/c1-18-9-4-6(12)2-3-7(9)10(15)13-8(5-14)11(16)17/h2-4,8,14H,5,12H2,1H3,(H,13,15)(H,16,17)/t8-/m0/s1. The van der Waals surface area contributed by atoms with Gasteiger partial charge in [0.2, 0.25) is 0 Å². The van der Waals surface area contributed by atoms with Gasteiger partial charge in [0.25, 0.3) is 5.91 Å². The molecule has 7 heteroatoms. The van der Waals surface area contributed by atoms with E-state index in [-0.39, 0.29) is 11.3 Å². The number of carbonyl (C=O) groups is 2. The van der Waals surface area contributed by atoms with Crippen molar-refractivity contribution in [2.24, 2.45) is 0 Å². The number of amides is 1. The van der Waals surface area contributed by atoms with Gasteiger partial charge in [0, 0.05) is 11.8 Å². The normalized spacial score (nSPS) is 11.7. The van der Waals surface area contributed by atoms with Gasteiger partial charge in [-0.2, -0.15) is 0 Å². The Balaban J connectivity index is 2.93. The van der Waals surface area contributed by atoms with Crippen LogP contribution in [0.15, 0.2) is 18.2 Å². The van der Waals surface area contributed by atoms with E-state index in [9.17, 15) is 9.59 Å². The summed E-state index contributed by atoms with van der Waals surface area (Å²) in [6.45, 7) is -0.696. The molecule has 1 amide bonds. The Bertz CT molecular complexity index is 461. The zero-order chi connectivity index (χ0) is 13.7. The maximum atomic E-state index is 11.8. The van der Waals surface area contributed by atoms with Crippen molar-refractivity contribution in [2.75, 3.05) is 19.5 Å². The minimum absolute atomic E-state index is 0.145. The molecule has 0 heterocycles. The average Bonchev–Trinajstić information content (AvgIpc) is 2.34. The van der Waals surface area contributed by atoms with Crippen LogP contribution in [-0.4, -0.2) is 41.8 Å². The van der Waals surface area contributed by atoms with Crippen molar-refractivity contribution in [2.45, 2.75) is 6.04 Å². The molecule has 1 atom stereocenters. The average molecular weight is 254 g/mol. The van der Waals surface area contributed by atoms with Gasteiger partial charge in [-0.05, 0) is 12.1 Å². The number of nitrogen functional groups attached to an aromatic ring is 1. The van der Waals surface area contributed by atoms with Gasteiger partial charge in [-0.1, -0.05) is 0 Å². The Kier molecular flexibility index (Phi) is 4.50. The molecule has 0 saturated heterocycles. The molecule has 5 N–H and O–H groups in total. The van der Waals surface area contributed by atoms with Gasteiger partial charge in [-0.3, -0.25) is 4.79 Å². The topological polar surface area (TPSA) is 122 Å². The molecule has 1 rings (SSSR count). The number of nitrogens with two attached hydrogens (primary N) is 1. The quantitative estimate of drug-likeness (QED) is 0.523. The highest BCUT2D eigenvalue weighted by Gasteiger charge is 2.21. The number of aliphatic hydroxyl groups excluding tert-OH is 1. The molecule has 0 aliphatic carbocycles. The van der Waals surface area contributed by atoms with Crippen LogP contribution < -0.4 is 15.8 Å². The Hall–Kier alpha value is -2.28. The number of ether oxygens (including phenoxy) is 1. The summed E-state index contributed by atoms with van der Waals surface area (Å²) in [5.41, 5.74) is 6.09. The van der Waals surface area contributed by atoms with E-state index in [1.165, 1.54) is 25.3 Å². The fourth-order valence-corrected chi connectivity index (χ4v) is 1.32. The lowest BCUT2D eigenvalue weighted by molar-refractivity contribution is -0.140. The number of nitrogens with one attached hydrogen (secondary N) is 1. The molecule has 98 valence electrons. The maximum absolute atomic E-state index is 11.8. The van der Waals surface area contributed by atoms with Crippen LogP contribution in [0, 0.1) is 0 Å². The van der Waals surface area contributed by atoms with Gasteiger partial charge >= 0.3 is 5.97 Å². The first-order valence-corrected chi connectivity index (χ1v) is 5.07. The highest BCUT2D eigenvalue weighted by molar-refractivity contribution is 5.99. The minimum Gasteiger partial charge on any atom is -0.496 e. The fraction of sp³-hybridized carbons (Fsp3) is 0.273. The van der Waals surface area contributed by atoms with Crippen molar-refractivity contribution >= 4 is 17.6 Å². The van der Waals surface area contributed by atoms with Crippen LogP contribution >= 0.6 is 0 Å². The number of hydrogen-bond donors (Lipinski definition) is 4. The third kappa shape index (κ3) is 3.11. The molecule has 0 radical (unpaired) electrons. The highest BCUT2D eigenvalue weighted by atomic mass is 16.5. The van der Waals surface area contributed by atoms with Gasteiger partial charge < -0.3 is 26.0 Å². The predicted octanol–water partition coefficient (Wildman–Crippen LogP) is -0.547. The number of aliphatic carboxylic acids is 1. The summed E-state index contributed by atoms with van der Waals surface area (Å²) >= 11 is 0. The van der Waals surface area contributed by atoms with Crippen molar-refractivity contribution < 1.29 is 24.5 Å². The molecule has 0 unspecified atom stereocenters. The van der Waals surface area contributed by atoms with Crippen molar-refractivity contribution in [1.82, 2.24) is 5.32 Å². The summed E-state index contributed by atoms with van der Waals surface area (Å²) in [6.07, 6.45) is 0. The van der Waals surface area contributed by atoms with E-state index in [1.54, 1.807) is 0 Å². The Morgan fingerprint density at radius 1 is 1.50 bits per heavy atom. The summed E-state index contributed by atoms with van der Waals surface area (Å²) in [4.78, 5) is 22.5. The molecule has 0 fully saturated rings. The molecule has 0 saturated carbocycles. The summed E-state index contributed by atoms with van der Waals surface area (Å²) in [5, 5.41) is 19.7. The monoisotopic (exact) mass is 254 g/mol. The molecule has 0 bridgehead atoms. The Labute approximate surface area is 103 Å². The number of rotatable bonds is 5. The van der Waals surface area contributed by atoms with Crippen molar-refractivity contribution in [1.29, 1.82) is 0 Å². The lowest BCUT2D eigenvalue weighted by atomic mass is 10.1. The third-order valence-corrected chi connectivity index (χ3v) is 2.26. The van der Waals surface area contributed by atoms with Crippen molar-refractivity contribution in [3.05, 3.63) is 23.8 Å². The van der Waals surface area contributed by atoms with E-state index in [4.69, 9.17) is 20.7 Å². The number of carbonyl (C=O) groups excluding carboxylic acids is 1. The largest absolute Gasteiger partial charge is 0.496 e. The van der Waals surface area contributed by atoms with Gasteiger partial charge in [0.15, 0.2) is 6.04 Å². The first-order chi connectivity index (χ1) is 8.49. The SMILES string of the molecule is COc1cc(N)ccc1C(=O)N[C@@H](CO)C(=O)O. The summed E-state index contributed by atoms with van der Waals surface area (Å²) in [7, 11) is 1.37. The van der Waals surface area contributed by atoms with Gasteiger partial charge in [-0.15, -0.1) is 0 Å². The van der Waals surface area contributed by atoms with E-state index in [2.05, 4.69) is 5.32 Å². The Morgan fingerprint density at radius 3 is 2.67 bits per heavy atom. The van der Waals surface area contributed by atoms with Crippen LogP contribution in [0.4, 0.5) is 5.69 Å². The number of benzene rings is 1. The summed E-state index contributed by atoms with van der Waals surface area (Å²) in [6, 6.07) is 3.00. The number of hydrogen-bond acceptors (Lipinski definition) is 5. The molecule has 0 aromatic heterocycles. The van der Waals surface area contributed by atoms with Crippen LogP contribution in [-0.2, 0) is 4.79 Å². The smallest absolute Gasteiger partial charge is 0.328 e. The van der Waals surface area contributed by atoms with Gasteiger partial charge in [-0.25, -0.2) is 4.79 Å². The molecular weight excluding hydrogens is 240 g/mol. The van der Waals surface area contributed by atoms with Gasteiger partial charge in [0.05, 0.1) is 19.3 Å². The molecule has 1 aromatic carbocycles. The molecular formula is C11H14N2O5. The van der Waals surface area contributed by atoms with E-state index in [0.717, 1.165) is 0 Å². The number of carboxylic acids is 1. The maximum Gasteiger partial charge on any atom is 0.328 e. The van der Waals surface area contributed by atoms with E-state index >= 15 is 0 Å². The molecule has 7 nitrogen and oxygen atoms in total. The molecule has 18 heavy (non-hydrogen) atoms.